The fourth-order valence-corrected chi connectivity index (χ4v) is 2.93. The lowest BCUT2D eigenvalue weighted by Gasteiger charge is -2.35. The van der Waals surface area contributed by atoms with Crippen molar-refractivity contribution in [2.75, 3.05) is 0 Å². The number of nitrogens with zero attached hydrogens (tertiary/aromatic N) is 1. The summed E-state index contributed by atoms with van der Waals surface area (Å²) in [4.78, 5) is 22.1. The Morgan fingerprint density at radius 2 is 1.88 bits per heavy atom. The molecule has 1 N–H and O–H groups in total. The molecule has 1 aromatic rings. The van der Waals surface area contributed by atoms with E-state index in [9.17, 15) is 33.2 Å². The minimum atomic E-state index is -5.02. The number of halogens is 3. The van der Waals surface area contributed by atoms with Crippen LogP contribution in [0.25, 0.3) is 0 Å². The van der Waals surface area contributed by atoms with Gasteiger partial charge in [0.15, 0.2) is 5.78 Å². The summed E-state index contributed by atoms with van der Waals surface area (Å²) in [5.74, 6) is -3.08. The first-order valence-electron chi connectivity index (χ1n) is 6.92. The Bertz CT molecular complexity index is 709. The minimum absolute atomic E-state index is 0.0540. The van der Waals surface area contributed by atoms with E-state index < -0.39 is 46.3 Å². The predicted molar refractivity (Wildman–Crippen MR) is 76.4 cm³/mol. The van der Waals surface area contributed by atoms with Gasteiger partial charge in [-0.15, -0.1) is 0 Å². The zero-order valence-corrected chi connectivity index (χ0v) is 12.7. The SMILES string of the molecule is CC(=O)/C(=C(/C)O)C1c2ccccc2OC(C(F)(F)F)C1[N+](=O)[O-]. The average Bonchev–Trinajstić information content (AvgIpc) is 2.44. The molecule has 0 fully saturated rings. The number of hydrogen-bond acceptors (Lipinski definition) is 5. The summed E-state index contributed by atoms with van der Waals surface area (Å²) in [6.45, 7) is 2.14. The second-order valence-corrected chi connectivity index (χ2v) is 5.43. The van der Waals surface area contributed by atoms with Crippen LogP contribution in [0, 0.1) is 10.1 Å². The number of carbonyl (C=O) groups is 1. The van der Waals surface area contributed by atoms with Crippen LogP contribution in [0.1, 0.15) is 25.3 Å². The maximum atomic E-state index is 13.3. The van der Waals surface area contributed by atoms with Crippen molar-refractivity contribution in [3.8, 4) is 5.75 Å². The van der Waals surface area contributed by atoms with Crippen LogP contribution in [0.15, 0.2) is 35.6 Å². The number of hydrogen-bond donors (Lipinski definition) is 1. The number of alkyl halides is 3. The molecule has 1 aliphatic rings. The van der Waals surface area contributed by atoms with Crippen LogP contribution in [-0.4, -0.2) is 34.1 Å². The third-order valence-corrected chi connectivity index (χ3v) is 3.81. The highest BCUT2D eigenvalue weighted by molar-refractivity contribution is 5.95. The predicted octanol–water partition coefficient (Wildman–Crippen LogP) is 3.16. The molecule has 130 valence electrons. The minimum Gasteiger partial charge on any atom is -0.512 e. The van der Waals surface area contributed by atoms with Gasteiger partial charge in [0.25, 0.3) is 12.1 Å². The van der Waals surface area contributed by atoms with Crippen LogP contribution in [0.3, 0.4) is 0 Å². The van der Waals surface area contributed by atoms with Crippen LogP contribution in [0.2, 0.25) is 0 Å². The number of nitro groups is 1. The van der Waals surface area contributed by atoms with Crippen LogP contribution >= 0.6 is 0 Å². The molecule has 0 saturated heterocycles. The molecule has 0 aromatic heterocycles. The van der Waals surface area contributed by atoms with Crippen molar-refractivity contribution in [1.82, 2.24) is 0 Å². The number of ether oxygens (including phenoxy) is 1. The quantitative estimate of drug-likeness (QED) is 0.393. The highest BCUT2D eigenvalue weighted by Gasteiger charge is 2.60. The summed E-state index contributed by atoms with van der Waals surface area (Å²) in [7, 11) is 0. The Kier molecular flexibility index (Phi) is 4.54. The molecule has 2 rings (SSSR count). The lowest BCUT2D eigenvalue weighted by atomic mass is 9.78. The van der Waals surface area contributed by atoms with E-state index in [2.05, 4.69) is 0 Å². The van der Waals surface area contributed by atoms with E-state index in [1.807, 2.05) is 0 Å². The van der Waals surface area contributed by atoms with E-state index in [-0.39, 0.29) is 11.3 Å². The number of benzene rings is 1. The Morgan fingerprint density at radius 1 is 1.29 bits per heavy atom. The van der Waals surface area contributed by atoms with Gasteiger partial charge in [-0.25, -0.2) is 0 Å². The molecule has 1 heterocycles. The van der Waals surface area contributed by atoms with Gasteiger partial charge >= 0.3 is 6.18 Å². The normalized spacial score (nSPS) is 24.5. The molecular weight excluding hydrogens is 331 g/mol. The number of allylic oxidation sites excluding steroid dienone is 1. The van der Waals surface area contributed by atoms with Gasteiger partial charge < -0.3 is 9.84 Å². The van der Waals surface area contributed by atoms with Gasteiger partial charge in [0, 0.05) is 16.1 Å². The number of rotatable bonds is 3. The number of aliphatic hydroxyl groups is 1. The second kappa shape index (κ2) is 6.14. The van der Waals surface area contributed by atoms with Crippen molar-refractivity contribution < 1.29 is 32.7 Å². The van der Waals surface area contributed by atoms with Gasteiger partial charge in [-0.2, -0.15) is 13.2 Å². The lowest BCUT2D eigenvalue weighted by molar-refractivity contribution is -0.546. The smallest absolute Gasteiger partial charge is 0.432 e. The zero-order valence-electron chi connectivity index (χ0n) is 12.7. The fraction of sp³-hybridized carbons (Fsp3) is 0.400. The summed E-state index contributed by atoms with van der Waals surface area (Å²) in [6.07, 6.45) is -7.75. The maximum absolute atomic E-state index is 13.3. The summed E-state index contributed by atoms with van der Waals surface area (Å²) < 4.78 is 44.7. The van der Waals surface area contributed by atoms with Crippen LogP contribution in [0.4, 0.5) is 13.2 Å². The van der Waals surface area contributed by atoms with E-state index in [0.29, 0.717) is 0 Å². The molecule has 3 atom stereocenters. The number of para-hydroxylation sites is 1. The first kappa shape index (κ1) is 17.8. The first-order valence-corrected chi connectivity index (χ1v) is 6.92. The standard InChI is InChI=1S/C15H14F3NO5/c1-7(20)11(8(2)21)12-9-5-3-4-6-10(9)24-14(15(16,17)18)13(12)19(22)23/h3-6,12-14,20H,1-2H3/b11-7+. The van der Waals surface area contributed by atoms with E-state index in [1.54, 1.807) is 0 Å². The number of carbonyl (C=O) groups excluding carboxylic acids is 1. The Balaban J connectivity index is 2.77. The molecule has 0 aliphatic carbocycles. The van der Waals surface area contributed by atoms with E-state index in [1.165, 1.54) is 24.3 Å². The van der Waals surface area contributed by atoms with Crippen molar-refractivity contribution in [3.05, 3.63) is 51.3 Å². The van der Waals surface area contributed by atoms with Crippen molar-refractivity contribution in [1.29, 1.82) is 0 Å². The molecule has 9 heteroatoms. The Labute approximate surface area is 134 Å². The van der Waals surface area contributed by atoms with Crippen molar-refractivity contribution in [2.24, 2.45) is 0 Å². The third-order valence-electron chi connectivity index (χ3n) is 3.81. The molecule has 0 saturated carbocycles. The van der Waals surface area contributed by atoms with Gasteiger partial charge in [-0.3, -0.25) is 14.9 Å². The van der Waals surface area contributed by atoms with Crippen LogP contribution in [-0.2, 0) is 4.79 Å². The molecule has 6 nitrogen and oxygen atoms in total. The first-order chi connectivity index (χ1) is 11.1. The number of aliphatic hydroxyl groups excluding tert-OH is 1. The summed E-state index contributed by atoms with van der Waals surface area (Å²) in [5, 5.41) is 21.2. The second-order valence-electron chi connectivity index (χ2n) is 5.43. The summed E-state index contributed by atoms with van der Waals surface area (Å²) in [5.41, 5.74) is -0.375. The van der Waals surface area contributed by atoms with Gasteiger partial charge in [-0.05, 0) is 19.9 Å². The number of fused-ring (bicyclic) bond motifs is 1. The molecule has 0 spiro atoms. The summed E-state index contributed by atoms with van der Waals surface area (Å²) in [6, 6.07) is 3.17. The molecule has 3 unspecified atom stereocenters. The molecular formula is C15H14F3NO5. The van der Waals surface area contributed by atoms with Crippen LogP contribution < -0.4 is 4.74 Å². The summed E-state index contributed by atoms with van der Waals surface area (Å²) >= 11 is 0. The zero-order chi connectivity index (χ0) is 18.2. The highest BCUT2D eigenvalue weighted by Crippen LogP contribution is 2.46. The lowest BCUT2D eigenvalue weighted by Crippen LogP contribution is -2.54. The average molecular weight is 345 g/mol. The number of Topliss-reactive ketones (excluding diaryl/α,β-unsaturated/α-hetero) is 1. The topological polar surface area (TPSA) is 89.7 Å². The molecule has 1 aliphatic heterocycles. The highest BCUT2D eigenvalue weighted by atomic mass is 19.4. The van der Waals surface area contributed by atoms with Gasteiger partial charge in [0.1, 0.15) is 5.75 Å². The van der Waals surface area contributed by atoms with E-state index in [0.717, 1.165) is 13.8 Å². The van der Waals surface area contributed by atoms with E-state index >= 15 is 0 Å². The molecule has 0 bridgehead atoms. The Morgan fingerprint density at radius 3 is 2.33 bits per heavy atom. The molecule has 0 amide bonds. The van der Waals surface area contributed by atoms with Crippen molar-refractivity contribution in [2.45, 2.75) is 38.1 Å². The molecule has 1 aromatic carbocycles. The Hall–Kier alpha value is -2.58. The molecule has 0 radical (unpaired) electrons. The van der Waals surface area contributed by atoms with E-state index in [4.69, 9.17) is 4.74 Å². The van der Waals surface area contributed by atoms with Crippen molar-refractivity contribution in [3.63, 3.8) is 0 Å². The monoisotopic (exact) mass is 345 g/mol. The van der Waals surface area contributed by atoms with Crippen LogP contribution in [0.5, 0.6) is 5.75 Å². The largest absolute Gasteiger partial charge is 0.512 e. The van der Waals surface area contributed by atoms with Crippen molar-refractivity contribution >= 4 is 5.78 Å². The third kappa shape index (κ3) is 3.06. The molecule has 24 heavy (non-hydrogen) atoms. The fourth-order valence-electron chi connectivity index (χ4n) is 2.93. The van der Waals surface area contributed by atoms with Gasteiger partial charge in [0.05, 0.1) is 11.7 Å². The number of ketones is 1. The van der Waals surface area contributed by atoms with Gasteiger partial charge in [-0.1, -0.05) is 18.2 Å². The maximum Gasteiger partial charge on any atom is 0.432 e. The van der Waals surface area contributed by atoms with Gasteiger partial charge in [0.2, 0.25) is 0 Å².